The molecule has 1 rings (SSSR count). The van der Waals surface area contributed by atoms with Crippen LogP contribution in [0.3, 0.4) is 0 Å². The number of hydrogen-bond donors (Lipinski definition) is 0. The third-order valence-corrected chi connectivity index (χ3v) is 4.41. The molecule has 1 fully saturated rings. The predicted octanol–water partition coefficient (Wildman–Crippen LogP) is 4.59. The summed E-state index contributed by atoms with van der Waals surface area (Å²) in [7, 11) is -2.34. The zero-order valence-corrected chi connectivity index (χ0v) is 12.3. The van der Waals surface area contributed by atoms with Crippen molar-refractivity contribution in [2.45, 2.75) is 52.6 Å². The van der Waals surface area contributed by atoms with Crippen molar-refractivity contribution in [1.29, 1.82) is 5.26 Å². The van der Waals surface area contributed by atoms with Crippen LogP contribution < -0.4 is 0 Å². The van der Waals surface area contributed by atoms with Gasteiger partial charge in [-0.05, 0) is 30.6 Å². The van der Waals surface area contributed by atoms with Crippen LogP contribution in [-0.2, 0) is 9.05 Å². The zero-order chi connectivity index (χ0) is 13.5. The fraction of sp³-hybridized carbons (Fsp3) is 0.923. The summed E-state index contributed by atoms with van der Waals surface area (Å²) >= 11 is 0. The highest BCUT2D eigenvalue weighted by Gasteiger charge is 2.33. The van der Waals surface area contributed by atoms with Crippen molar-refractivity contribution in [2.24, 2.45) is 17.8 Å². The van der Waals surface area contributed by atoms with Crippen LogP contribution in [0.4, 0.5) is 4.20 Å². The minimum atomic E-state index is -2.34. The van der Waals surface area contributed by atoms with Crippen molar-refractivity contribution in [3.63, 3.8) is 0 Å². The maximum atomic E-state index is 13.6. The van der Waals surface area contributed by atoms with Gasteiger partial charge in [-0.25, -0.2) is 0 Å². The lowest BCUT2D eigenvalue weighted by Crippen LogP contribution is -2.33. The minimum absolute atomic E-state index is 0.0352. The Morgan fingerprint density at radius 3 is 2.78 bits per heavy atom. The third-order valence-electron chi connectivity index (χ3n) is 3.59. The van der Waals surface area contributed by atoms with Gasteiger partial charge in [-0.3, -0.25) is 0 Å². The van der Waals surface area contributed by atoms with Gasteiger partial charge in [0.2, 0.25) is 0 Å². The summed E-state index contributed by atoms with van der Waals surface area (Å²) < 4.78 is 23.9. The van der Waals surface area contributed by atoms with Crippen molar-refractivity contribution in [1.82, 2.24) is 0 Å². The maximum Gasteiger partial charge on any atom is 0.375 e. The predicted molar refractivity (Wildman–Crippen MR) is 70.4 cm³/mol. The summed E-state index contributed by atoms with van der Waals surface area (Å²) in [5, 5.41) is 8.36. The Kier molecular flexibility index (Phi) is 7.07. The Bertz CT molecular complexity index is 283. The smallest absolute Gasteiger partial charge is 0.308 e. The molecule has 0 N–H and O–H groups in total. The van der Waals surface area contributed by atoms with E-state index in [4.69, 9.17) is 14.3 Å². The molecule has 4 atom stereocenters. The lowest BCUT2D eigenvalue weighted by atomic mass is 9.75. The van der Waals surface area contributed by atoms with E-state index in [9.17, 15) is 4.20 Å². The largest absolute Gasteiger partial charge is 0.375 e. The van der Waals surface area contributed by atoms with Crippen molar-refractivity contribution in [3.05, 3.63) is 0 Å². The van der Waals surface area contributed by atoms with E-state index in [0.29, 0.717) is 17.8 Å². The molecule has 0 saturated heterocycles. The van der Waals surface area contributed by atoms with E-state index in [1.807, 2.05) is 6.07 Å². The van der Waals surface area contributed by atoms with Gasteiger partial charge in [0.25, 0.3) is 0 Å². The first-order valence-corrected chi connectivity index (χ1v) is 7.74. The highest BCUT2D eigenvalue weighted by atomic mass is 31.2. The van der Waals surface area contributed by atoms with Crippen LogP contribution in [0.1, 0.15) is 46.5 Å². The quantitative estimate of drug-likeness (QED) is 0.526. The monoisotopic (exact) mass is 275 g/mol. The molecule has 1 aliphatic carbocycles. The van der Waals surface area contributed by atoms with E-state index in [2.05, 4.69) is 20.8 Å². The molecule has 0 bridgehead atoms. The van der Waals surface area contributed by atoms with Gasteiger partial charge in [-0.2, -0.15) is 9.46 Å². The Balaban J connectivity index is 2.42. The Labute approximate surface area is 111 Å². The highest BCUT2D eigenvalue weighted by molar-refractivity contribution is 7.41. The number of nitriles is 1. The van der Waals surface area contributed by atoms with Crippen LogP contribution >= 0.6 is 8.69 Å². The van der Waals surface area contributed by atoms with Crippen LogP contribution in [0.25, 0.3) is 0 Å². The molecule has 5 heteroatoms. The van der Waals surface area contributed by atoms with E-state index in [1.165, 1.54) is 6.42 Å². The lowest BCUT2D eigenvalue weighted by Gasteiger charge is -2.37. The van der Waals surface area contributed by atoms with Gasteiger partial charge in [0.05, 0.1) is 25.2 Å². The van der Waals surface area contributed by atoms with Crippen molar-refractivity contribution >= 4 is 8.69 Å². The molecule has 0 aromatic carbocycles. The first-order chi connectivity index (χ1) is 8.54. The van der Waals surface area contributed by atoms with Crippen LogP contribution in [0, 0.1) is 29.1 Å². The third kappa shape index (κ3) is 5.18. The molecule has 0 spiro atoms. The standard InChI is InChI=1S/C13H23FNO2P/c1-10(2)12-6-5-11(3)9-13(12)17-18(14)16-8-4-7-15/h10-13H,4-6,8-9H2,1-3H3/t11-,12+,13-,18?/m1/s1. The van der Waals surface area contributed by atoms with Crippen molar-refractivity contribution in [2.75, 3.05) is 6.61 Å². The maximum absolute atomic E-state index is 13.6. The fourth-order valence-electron chi connectivity index (χ4n) is 2.54. The van der Waals surface area contributed by atoms with Gasteiger partial charge in [-0.15, -0.1) is 0 Å². The lowest BCUT2D eigenvalue weighted by molar-refractivity contribution is 0.0362. The molecule has 1 unspecified atom stereocenters. The number of nitrogens with zero attached hydrogens (tertiary/aromatic N) is 1. The summed E-state index contributed by atoms with van der Waals surface area (Å²) in [5.74, 6) is 1.51. The van der Waals surface area contributed by atoms with Gasteiger partial charge in [-0.1, -0.05) is 27.2 Å². The average molecular weight is 275 g/mol. The van der Waals surface area contributed by atoms with E-state index < -0.39 is 8.69 Å². The minimum Gasteiger partial charge on any atom is -0.308 e. The van der Waals surface area contributed by atoms with Crippen molar-refractivity contribution < 1.29 is 13.2 Å². The molecule has 104 valence electrons. The molecule has 0 aliphatic heterocycles. The van der Waals surface area contributed by atoms with E-state index in [1.54, 1.807) is 0 Å². The molecule has 1 aliphatic rings. The number of rotatable bonds is 6. The molecule has 0 aromatic heterocycles. The average Bonchev–Trinajstić information content (AvgIpc) is 2.29. The first-order valence-electron chi connectivity index (χ1n) is 6.67. The molecular formula is C13H23FNO2P. The SMILES string of the molecule is CC(C)[C@@H]1CC[C@@H](C)C[C@H]1OP(F)OCCC#N. The molecule has 0 amide bonds. The summed E-state index contributed by atoms with van der Waals surface area (Å²) in [5.41, 5.74) is 0. The number of hydrogen-bond acceptors (Lipinski definition) is 3. The second-order valence-electron chi connectivity index (χ2n) is 5.42. The first kappa shape index (κ1) is 15.8. The van der Waals surface area contributed by atoms with Gasteiger partial charge in [0, 0.05) is 0 Å². The van der Waals surface area contributed by atoms with Gasteiger partial charge in [0.1, 0.15) is 0 Å². The molecule has 18 heavy (non-hydrogen) atoms. The molecule has 0 heterocycles. The second kappa shape index (κ2) is 8.04. The normalized spacial score (nSPS) is 30.1. The van der Waals surface area contributed by atoms with Gasteiger partial charge >= 0.3 is 8.69 Å². The van der Waals surface area contributed by atoms with E-state index >= 15 is 0 Å². The summed E-state index contributed by atoms with van der Waals surface area (Å²) in [6, 6.07) is 1.92. The molecule has 0 radical (unpaired) electrons. The molecule has 3 nitrogen and oxygen atoms in total. The summed E-state index contributed by atoms with van der Waals surface area (Å²) in [4.78, 5) is 0. The zero-order valence-electron chi connectivity index (χ0n) is 11.4. The Morgan fingerprint density at radius 1 is 1.44 bits per heavy atom. The van der Waals surface area contributed by atoms with Gasteiger partial charge < -0.3 is 9.05 Å². The highest BCUT2D eigenvalue weighted by Crippen LogP contribution is 2.47. The summed E-state index contributed by atoms with van der Waals surface area (Å²) in [6.45, 7) is 6.62. The van der Waals surface area contributed by atoms with Crippen LogP contribution in [0.15, 0.2) is 0 Å². The van der Waals surface area contributed by atoms with Crippen LogP contribution in [0.5, 0.6) is 0 Å². The van der Waals surface area contributed by atoms with Crippen molar-refractivity contribution in [3.8, 4) is 6.07 Å². The number of halogens is 1. The molecular weight excluding hydrogens is 252 g/mol. The van der Waals surface area contributed by atoms with Crippen LogP contribution in [0.2, 0.25) is 0 Å². The molecule has 0 aromatic rings. The van der Waals surface area contributed by atoms with E-state index in [0.717, 1.165) is 12.8 Å². The Morgan fingerprint density at radius 2 is 2.17 bits per heavy atom. The summed E-state index contributed by atoms with van der Waals surface area (Å²) in [6.07, 6.45) is 3.38. The van der Waals surface area contributed by atoms with E-state index in [-0.39, 0.29) is 19.1 Å². The second-order valence-corrected chi connectivity index (χ2v) is 6.32. The Hall–Kier alpha value is -0.230. The molecule has 1 saturated carbocycles. The topological polar surface area (TPSA) is 42.2 Å². The van der Waals surface area contributed by atoms with Crippen LogP contribution in [-0.4, -0.2) is 12.7 Å². The fourth-order valence-corrected chi connectivity index (χ4v) is 3.29. The van der Waals surface area contributed by atoms with Gasteiger partial charge in [0.15, 0.2) is 0 Å².